The SMILES string of the molecule is C[C@@H]1CN2c3ccc(C(=O)CCC4=NC=CC4)cc3CC3(C(=O)NC(=O)NC3=O)[C@H]2[C@H](C)O1. The Balaban J connectivity index is 1.52. The molecule has 0 unspecified atom stereocenters. The van der Waals surface area contributed by atoms with Crippen LogP contribution in [-0.4, -0.2) is 54.1 Å². The number of aliphatic imine (C=N–C) groups is 1. The van der Waals surface area contributed by atoms with E-state index in [1.165, 1.54) is 0 Å². The lowest BCUT2D eigenvalue weighted by Gasteiger charge is -2.55. The number of fused-ring (bicyclic) bond motifs is 4. The first kappa shape index (κ1) is 21.5. The Morgan fingerprint density at radius 1 is 1.21 bits per heavy atom. The van der Waals surface area contributed by atoms with Crippen LogP contribution in [0.4, 0.5) is 10.5 Å². The van der Waals surface area contributed by atoms with Gasteiger partial charge in [-0.25, -0.2) is 4.79 Å². The van der Waals surface area contributed by atoms with Crippen LogP contribution in [0.5, 0.6) is 0 Å². The molecule has 0 bridgehead atoms. The largest absolute Gasteiger partial charge is 0.372 e. The van der Waals surface area contributed by atoms with Crippen molar-refractivity contribution in [3.8, 4) is 0 Å². The Labute approximate surface area is 191 Å². The molecule has 4 amide bonds. The lowest BCUT2D eigenvalue weighted by atomic mass is 9.66. The molecular weight excluding hydrogens is 424 g/mol. The molecule has 2 N–H and O–H groups in total. The number of carbonyl (C=O) groups excluding carboxylic acids is 4. The number of urea groups is 1. The van der Waals surface area contributed by atoms with Crippen LogP contribution in [0.1, 0.15) is 49.0 Å². The van der Waals surface area contributed by atoms with Crippen LogP contribution in [0.3, 0.4) is 0 Å². The van der Waals surface area contributed by atoms with Crippen molar-refractivity contribution in [3.05, 3.63) is 41.6 Å². The highest BCUT2D eigenvalue weighted by Crippen LogP contribution is 2.46. The number of amides is 4. The maximum Gasteiger partial charge on any atom is 0.328 e. The zero-order valence-electron chi connectivity index (χ0n) is 18.6. The summed E-state index contributed by atoms with van der Waals surface area (Å²) in [4.78, 5) is 57.4. The van der Waals surface area contributed by atoms with E-state index in [4.69, 9.17) is 4.74 Å². The number of nitrogens with zero attached hydrogens (tertiary/aromatic N) is 2. The number of rotatable bonds is 4. The number of carbonyl (C=O) groups is 4. The molecule has 5 rings (SSSR count). The predicted octanol–water partition coefficient (Wildman–Crippen LogP) is 1.90. The van der Waals surface area contributed by atoms with Crippen LogP contribution < -0.4 is 15.5 Å². The second-order valence-electron chi connectivity index (χ2n) is 9.19. The molecule has 0 saturated carbocycles. The first-order chi connectivity index (χ1) is 15.8. The van der Waals surface area contributed by atoms with E-state index in [1.807, 2.05) is 30.9 Å². The summed E-state index contributed by atoms with van der Waals surface area (Å²) in [6, 6.07) is 4.08. The molecule has 1 aromatic carbocycles. The number of imide groups is 2. The number of anilines is 1. The number of benzene rings is 1. The van der Waals surface area contributed by atoms with Gasteiger partial charge in [0, 0.05) is 42.5 Å². The smallest absolute Gasteiger partial charge is 0.328 e. The molecule has 0 aliphatic carbocycles. The van der Waals surface area contributed by atoms with E-state index in [-0.39, 0.29) is 18.3 Å². The fraction of sp³-hybridized carbons (Fsp3) is 0.458. The van der Waals surface area contributed by atoms with Crippen LogP contribution in [0.2, 0.25) is 0 Å². The van der Waals surface area contributed by atoms with Crippen molar-refractivity contribution < 1.29 is 23.9 Å². The summed E-state index contributed by atoms with van der Waals surface area (Å²) in [7, 11) is 0. The van der Waals surface area contributed by atoms with E-state index in [0.29, 0.717) is 24.9 Å². The van der Waals surface area contributed by atoms with Crippen molar-refractivity contribution in [3.63, 3.8) is 0 Å². The number of Topliss-reactive ketones (excluding diaryl/α,β-unsaturated/α-hetero) is 1. The first-order valence-electron chi connectivity index (χ1n) is 11.3. The molecule has 4 aliphatic rings. The summed E-state index contributed by atoms with van der Waals surface area (Å²) in [5.41, 5.74) is 1.60. The lowest BCUT2D eigenvalue weighted by molar-refractivity contribution is -0.153. The topological polar surface area (TPSA) is 117 Å². The Morgan fingerprint density at radius 3 is 2.67 bits per heavy atom. The van der Waals surface area contributed by atoms with Gasteiger partial charge in [0.2, 0.25) is 11.8 Å². The fourth-order valence-corrected chi connectivity index (χ4v) is 5.59. The maximum atomic E-state index is 13.2. The van der Waals surface area contributed by atoms with Gasteiger partial charge in [-0.3, -0.25) is 30.0 Å². The number of barbiturate groups is 1. The van der Waals surface area contributed by atoms with Crippen LogP contribution in [0, 0.1) is 5.41 Å². The standard InChI is InChI=1S/C24H26N4O5/c1-13-12-28-18-7-5-15(19(29)8-6-17-4-3-9-25-17)10-16(18)11-24(20(28)14(2)33-13)21(30)26-23(32)27-22(24)31/h3,5,7,9-10,13-14,20H,4,6,8,11-12H2,1-2H3,(H2,26,27,30,31,32)/t13-,14+,20-/m1/s1. The predicted molar refractivity (Wildman–Crippen MR) is 120 cm³/mol. The highest BCUT2D eigenvalue weighted by atomic mass is 16.5. The first-order valence-corrected chi connectivity index (χ1v) is 11.3. The Bertz CT molecular complexity index is 1100. The van der Waals surface area contributed by atoms with Crippen LogP contribution in [0.15, 0.2) is 35.5 Å². The van der Waals surface area contributed by atoms with Gasteiger partial charge in [0.1, 0.15) is 0 Å². The van der Waals surface area contributed by atoms with Crippen molar-refractivity contribution in [2.24, 2.45) is 10.4 Å². The van der Waals surface area contributed by atoms with Crippen molar-refractivity contribution in [1.29, 1.82) is 0 Å². The van der Waals surface area contributed by atoms with E-state index >= 15 is 0 Å². The number of hydrogen-bond acceptors (Lipinski definition) is 7. The molecule has 1 spiro atoms. The molecule has 9 nitrogen and oxygen atoms in total. The third-order valence-corrected chi connectivity index (χ3v) is 6.99. The minimum atomic E-state index is -1.54. The normalized spacial score (nSPS) is 27.6. The molecule has 9 heteroatoms. The summed E-state index contributed by atoms with van der Waals surface area (Å²) in [6.45, 7) is 4.27. The molecule has 3 atom stereocenters. The average molecular weight is 450 g/mol. The van der Waals surface area contributed by atoms with Gasteiger partial charge < -0.3 is 9.64 Å². The summed E-state index contributed by atoms with van der Waals surface area (Å²) < 4.78 is 6.01. The quantitative estimate of drug-likeness (QED) is 0.535. The summed E-state index contributed by atoms with van der Waals surface area (Å²) in [5, 5.41) is 4.55. The van der Waals surface area contributed by atoms with Crippen molar-refractivity contribution in [2.75, 3.05) is 11.4 Å². The molecule has 33 heavy (non-hydrogen) atoms. The molecule has 4 aliphatic heterocycles. The van der Waals surface area contributed by atoms with Gasteiger partial charge in [0.05, 0.1) is 18.2 Å². The summed E-state index contributed by atoms with van der Waals surface area (Å²) >= 11 is 0. The van der Waals surface area contributed by atoms with E-state index in [9.17, 15) is 19.2 Å². The number of ketones is 1. The average Bonchev–Trinajstić information content (AvgIpc) is 3.28. The van der Waals surface area contributed by atoms with Gasteiger partial charge in [-0.1, -0.05) is 6.08 Å². The number of hydrogen-bond donors (Lipinski definition) is 2. The zero-order valence-corrected chi connectivity index (χ0v) is 18.6. The minimum absolute atomic E-state index is 0.0139. The third-order valence-electron chi connectivity index (χ3n) is 6.99. The molecule has 0 aromatic heterocycles. The Morgan fingerprint density at radius 2 is 1.97 bits per heavy atom. The molecular formula is C24H26N4O5. The molecule has 1 aromatic rings. The van der Waals surface area contributed by atoms with E-state index in [0.717, 1.165) is 23.4 Å². The minimum Gasteiger partial charge on any atom is -0.372 e. The van der Waals surface area contributed by atoms with E-state index < -0.39 is 35.4 Å². The Hall–Kier alpha value is -3.33. The summed E-state index contributed by atoms with van der Waals surface area (Å²) in [6.07, 6.45) is 4.97. The van der Waals surface area contributed by atoms with Gasteiger partial charge in [-0.15, -0.1) is 0 Å². The van der Waals surface area contributed by atoms with E-state index in [2.05, 4.69) is 15.6 Å². The Kier molecular flexibility index (Phi) is 5.16. The number of allylic oxidation sites excluding steroid dienone is 1. The highest BCUT2D eigenvalue weighted by Gasteiger charge is 2.62. The van der Waals surface area contributed by atoms with E-state index in [1.54, 1.807) is 18.3 Å². The summed E-state index contributed by atoms with van der Waals surface area (Å²) in [5.74, 6) is -1.28. The van der Waals surface area contributed by atoms with Crippen molar-refractivity contribution in [1.82, 2.24) is 10.6 Å². The highest BCUT2D eigenvalue weighted by molar-refractivity contribution is 6.20. The molecule has 0 radical (unpaired) electrons. The van der Waals surface area contributed by atoms with Gasteiger partial charge >= 0.3 is 6.03 Å². The van der Waals surface area contributed by atoms with Gasteiger partial charge in [0.15, 0.2) is 11.2 Å². The maximum absolute atomic E-state index is 13.2. The molecule has 2 saturated heterocycles. The van der Waals surface area contributed by atoms with Crippen LogP contribution >= 0.6 is 0 Å². The van der Waals surface area contributed by atoms with Crippen LogP contribution in [0.25, 0.3) is 0 Å². The number of morpholine rings is 1. The second-order valence-corrected chi connectivity index (χ2v) is 9.19. The van der Waals surface area contributed by atoms with Crippen LogP contribution in [-0.2, 0) is 20.7 Å². The zero-order chi connectivity index (χ0) is 23.3. The lowest BCUT2D eigenvalue weighted by Crippen LogP contribution is -2.75. The number of nitrogens with one attached hydrogen (secondary N) is 2. The second kappa shape index (κ2) is 7.91. The number of ether oxygens (including phenoxy) is 1. The monoisotopic (exact) mass is 450 g/mol. The van der Waals surface area contributed by atoms with Crippen molar-refractivity contribution in [2.45, 2.75) is 57.8 Å². The molecule has 4 heterocycles. The van der Waals surface area contributed by atoms with Gasteiger partial charge in [-0.05, 0) is 50.5 Å². The molecule has 172 valence electrons. The molecule has 2 fully saturated rings. The third kappa shape index (κ3) is 3.47. The fourth-order valence-electron chi connectivity index (χ4n) is 5.59. The van der Waals surface area contributed by atoms with Crippen molar-refractivity contribution >= 4 is 35.0 Å². The van der Waals surface area contributed by atoms with Gasteiger partial charge in [0.25, 0.3) is 0 Å². The van der Waals surface area contributed by atoms with Gasteiger partial charge in [-0.2, -0.15) is 0 Å².